The lowest BCUT2D eigenvalue weighted by molar-refractivity contribution is 0.377. The summed E-state index contributed by atoms with van der Waals surface area (Å²) < 4.78 is 309. The average molecular weight is 1300 g/mol. The van der Waals surface area contributed by atoms with Crippen LogP contribution in [0.3, 0.4) is 0 Å². The number of halogens is 20. The summed E-state index contributed by atoms with van der Waals surface area (Å²) in [5.41, 5.74) is -4.21. The fourth-order valence-corrected chi connectivity index (χ4v) is 12.0. The molecule has 0 atom stereocenters. The van der Waals surface area contributed by atoms with Crippen LogP contribution >= 0.6 is 0 Å². The maximum atomic E-state index is 13.7. The van der Waals surface area contributed by atoms with E-state index in [1.165, 1.54) is 0 Å². The van der Waals surface area contributed by atoms with E-state index in [1.54, 1.807) is 92.6 Å². The standard InChI is InChI=1S/4C6BF5O2.16CH3.8Al/c4*8-2-1(7(13)14)3(9)5(11)6(12)4(2)10;;;;;;;;;;;;;;;;;;;;;;;;/h;;;;16*1H3;;;;;;;;/q4*-2;;;;;;;;;;;;;;;;;8*+1. The summed E-state index contributed by atoms with van der Waals surface area (Å²) >= 11 is -14.5. The molecule has 0 aliphatic heterocycles. The molecule has 0 bridgehead atoms. The predicted octanol–water partition coefficient (Wildman–Crippen LogP) is 10.5. The molecule has 40 heteroatoms. The highest BCUT2D eigenvalue weighted by atomic mass is 27.2. The summed E-state index contributed by atoms with van der Waals surface area (Å²) in [7, 11) is -6.23. The van der Waals surface area contributed by atoms with E-state index in [0.29, 0.717) is 0 Å². The van der Waals surface area contributed by atoms with Crippen molar-refractivity contribution >= 4 is 166 Å². The first-order chi connectivity index (χ1) is 36.6. The van der Waals surface area contributed by atoms with Crippen molar-refractivity contribution in [1.82, 2.24) is 0 Å². The second kappa shape index (κ2) is 35.5. The Balaban J connectivity index is 0.000000533. The van der Waals surface area contributed by atoms with Crippen molar-refractivity contribution < 1.29 is 117 Å². The topological polar surface area (TPSA) is 73.8 Å². The molecule has 80 heavy (non-hydrogen) atoms. The molecule has 0 amide bonds. The quantitative estimate of drug-likeness (QED) is 0.0375. The van der Waals surface area contributed by atoms with E-state index in [4.69, 9.17) is 29.6 Å². The molecular formula is C40H48Al8B4F20O8. The van der Waals surface area contributed by atoms with Crippen molar-refractivity contribution in [1.29, 1.82) is 0 Å². The SMILES string of the molecule is [CH3][Al]([CH3])[O]B([O][Al]([CH3])[CH3])c1c(F)c(F)c(F)c(F)c1F.[CH3][Al]([CH3])[O]B([O][Al]([CH3])[CH3])c1c(F)c(F)c(F)c(F)c1F.[CH3][Al]([CH3])[O]B([O][Al]([CH3])[CH3])c1c(F)c(F)c(F)c(F)c1F.[CH3][Al]([CH3])[O]B([O][Al]([CH3])[CH3])c1c(F)c(F)c(F)c(F)c1F. The summed E-state index contributed by atoms with van der Waals surface area (Å²) in [6, 6.07) is 0. The number of hydrogen-bond donors (Lipinski definition) is 0. The van der Waals surface area contributed by atoms with E-state index < -0.39 is 283 Å². The second-order valence-electron chi connectivity index (χ2n) is 18.7. The first kappa shape index (κ1) is 77.7. The van der Waals surface area contributed by atoms with Crippen molar-refractivity contribution in [3.05, 3.63) is 116 Å². The summed E-state index contributed by atoms with van der Waals surface area (Å²) in [6.07, 6.45) is 0. The Labute approximate surface area is 488 Å². The molecule has 0 aliphatic carbocycles. The van der Waals surface area contributed by atoms with E-state index in [-0.39, 0.29) is 0 Å². The van der Waals surface area contributed by atoms with Gasteiger partial charge >= 0.3 is 144 Å². The van der Waals surface area contributed by atoms with Crippen LogP contribution in [0.4, 0.5) is 87.8 Å². The fourth-order valence-electron chi connectivity index (χ4n) is 5.97. The molecule has 4 aromatic carbocycles. The molecule has 0 fully saturated rings. The third kappa shape index (κ3) is 22.1. The highest BCUT2D eigenvalue weighted by Crippen LogP contribution is 2.22. The van der Waals surface area contributed by atoms with Crippen LogP contribution in [0.2, 0.25) is 92.6 Å². The van der Waals surface area contributed by atoms with Crippen molar-refractivity contribution in [2.75, 3.05) is 0 Å². The van der Waals surface area contributed by atoms with Crippen LogP contribution in [0.25, 0.3) is 0 Å². The van der Waals surface area contributed by atoms with Gasteiger partial charge in [0.2, 0.25) is 0 Å². The molecule has 4 aromatic rings. The summed E-state index contributed by atoms with van der Waals surface area (Å²) in [6.45, 7) is 0. The third-order valence-electron chi connectivity index (χ3n) is 9.08. The molecule has 432 valence electrons. The summed E-state index contributed by atoms with van der Waals surface area (Å²) in [5.74, 6) is -12.8. The molecule has 0 saturated heterocycles. The number of hydrogen-bond acceptors (Lipinski definition) is 8. The van der Waals surface area contributed by atoms with Gasteiger partial charge in [0.05, 0.1) is 21.9 Å². The van der Waals surface area contributed by atoms with Gasteiger partial charge in [-0.15, -0.1) is 0 Å². The lowest BCUT2D eigenvalue weighted by Crippen LogP contribution is -2.47. The Bertz CT molecular complexity index is 2210. The van der Waals surface area contributed by atoms with Crippen LogP contribution < -0.4 is 21.9 Å². The second-order valence-corrected chi connectivity index (χ2v) is 37.7. The monoisotopic (exact) mass is 1300 g/mol. The lowest BCUT2D eigenvalue weighted by atomic mass is 9.79. The van der Waals surface area contributed by atoms with Crippen LogP contribution in [-0.2, 0) is 29.6 Å². The van der Waals surface area contributed by atoms with Gasteiger partial charge < -0.3 is 29.6 Å². The van der Waals surface area contributed by atoms with Gasteiger partial charge in [0, 0.05) is 0 Å². The number of rotatable bonds is 20. The van der Waals surface area contributed by atoms with E-state index in [9.17, 15) is 87.8 Å². The van der Waals surface area contributed by atoms with Gasteiger partial charge in [-0.1, -0.05) is 92.6 Å². The Hall–Kier alpha value is -0.321. The highest BCUT2D eigenvalue weighted by Gasteiger charge is 2.41. The molecule has 0 radical (unpaired) electrons. The van der Waals surface area contributed by atoms with Crippen LogP contribution in [0, 0.1) is 116 Å². The van der Waals surface area contributed by atoms with Gasteiger partial charge in [0.25, 0.3) is 0 Å². The summed E-state index contributed by atoms with van der Waals surface area (Å²) in [5, 5.41) is 0. The largest absolute Gasteiger partial charge is 0.541 e. The van der Waals surface area contributed by atoms with Gasteiger partial charge in [0.15, 0.2) is 116 Å². The molecule has 0 aromatic heterocycles. The van der Waals surface area contributed by atoms with Crippen molar-refractivity contribution in [2.24, 2.45) is 0 Å². The number of benzene rings is 4. The summed E-state index contributed by atoms with van der Waals surface area (Å²) in [4.78, 5) is 0. The van der Waals surface area contributed by atoms with Crippen LogP contribution in [-0.4, -0.2) is 144 Å². The average Bonchev–Trinajstić information content (AvgIpc) is 3.33. The van der Waals surface area contributed by atoms with Gasteiger partial charge in [-0.3, -0.25) is 0 Å². The Kier molecular flexibility index (Phi) is 34.5. The van der Waals surface area contributed by atoms with E-state index >= 15 is 0 Å². The Morgan fingerprint density at radius 2 is 0.237 bits per heavy atom. The maximum Gasteiger partial charge on any atom is 0.440 e. The van der Waals surface area contributed by atoms with E-state index in [1.807, 2.05) is 0 Å². The van der Waals surface area contributed by atoms with Gasteiger partial charge in [-0.25, -0.2) is 87.8 Å². The van der Waals surface area contributed by atoms with Gasteiger partial charge in [0.1, 0.15) is 0 Å². The van der Waals surface area contributed by atoms with Crippen LogP contribution in [0.15, 0.2) is 0 Å². The van der Waals surface area contributed by atoms with Gasteiger partial charge in [-0.2, -0.15) is 0 Å². The van der Waals surface area contributed by atoms with Crippen molar-refractivity contribution in [3.63, 3.8) is 0 Å². The minimum atomic E-state index is -2.19. The molecule has 0 aliphatic rings. The molecule has 0 heterocycles. The first-order valence-corrected chi connectivity index (χ1v) is 46.2. The highest BCUT2D eigenvalue weighted by molar-refractivity contribution is 6.77. The molecular weight excluding hydrogens is 1250 g/mol. The first-order valence-electron chi connectivity index (χ1n) is 23.9. The molecule has 0 saturated carbocycles. The lowest BCUT2D eigenvalue weighted by Gasteiger charge is -2.21. The van der Waals surface area contributed by atoms with Gasteiger partial charge in [-0.05, 0) is 0 Å². The zero-order valence-electron chi connectivity index (χ0n) is 45.8. The van der Waals surface area contributed by atoms with Crippen LogP contribution in [0.5, 0.6) is 0 Å². The molecule has 0 spiro atoms. The van der Waals surface area contributed by atoms with E-state index in [2.05, 4.69) is 0 Å². The van der Waals surface area contributed by atoms with Crippen molar-refractivity contribution in [3.8, 4) is 0 Å². The Morgan fingerprint density at radius 3 is 0.312 bits per heavy atom. The van der Waals surface area contributed by atoms with Crippen LogP contribution in [0.1, 0.15) is 0 Å². The van der Waals surface area contributed by atoms with E-state index in [0.717, 1.165) is 0 Å². The molecule has 0 N–H and O–H groups in total. The minimum Gasteiger partial charge on any atom is -0.541 e. The zero-order valence-corrected chi connectivity index (χ0v) is 55.0. The minimum absolute atomic E-state index is 1.05. The smallest absolute Gasteiger partial charge is 0.440 e. The van der Waals surface area contributed by atoms with Crippen molar-refractivity contribution in [2.45, 2.75) is 92.6 Å². The maximum absolute atomic E-state index is 13.7. The molecule has 0 unspecified atom stereocenters. The Morgan fingerprint density at radius 1 is 0.163 bits per heavy atom. The molecule has 8 nitrogen and oxygen atoms in total. The normalized spacial score (nSPS) is 10.7. The predicted molar refractivity (Wildman–Crippen MR) is 275 cm³/mol. The third-order valence-corrected chi connectivity index (χ3v) is 15.4. The zero-order chi connectivity index (χ0) is 62.4. The fraction of sp³-hybridized carbons (Fsp3) is 0.400. The molecule has 4 rings (SSSR count).